The van der Waals surface area contributed by atoms with Crippen LogP contribution in [-0.2, 0) is 40.4 Å². The second-order valence-corrected chi connectivity index (χ2v) is 11.3. The number of benzene rings is 3. The lowest BCUT2D eigenvalue weighted by Crippen LogP contribution is -2.36. The standard InChI is InChI=1S/C26H21ClF4N2O5S/c27-20-6-4-16-14-33(39(35,36)17-5-7-21-22(13-17)38-11-10-37-21)9-8-18(16)25(20)32-23(34)12-15-2-1-3-19(24(15)28)26(29,30)31/h1-7,13H,8-12,14H2,(H,32,34). The Hall–Kier alpha value is -3.35. The van der Waals surface area contributed by atoms with E-state index in [9.17, 15) is 30.8 Å². The summed E-state index contributed by atoms with van der Waals surface area (Å²) in [7, 11) is -3.90. The van der Waals surface area contributed by atoms with Crippen LogP contribution in [0.25, 0.3) is 0 Å². The molecule has 0 aliphatic carbocycles. The molecule has 0 aromatic heterocycles. The summed E-state index contributed by atoms with van der Waals surface area (Å²) in [5.41, 5.74) is -0.480. The molecule has 0 radical (unpaired) electrons. The molecule has 0 unspecified atom stereocenters. The lowest BCUT2D eigenvalue weighted by Gasteiger charge is -2.30. The van der Waals surface area contributed by atoms with Gasteiger partial charge in [0.1, 0.15) is 19.0 Å². The molecule has 1 N–H and O–H groups in total. The normalized spacial score (nSPS) is 15.5. The molecule has 1 amide bonds. The molecule has 0 spiro atoms. The number of sulfonamides is 1. The van der Waals surface area contributed by atoms with E-state index < -0.39 is 45.5 Å². The number of anilines is 1. The Balaban J connectivity index is 1.35. The Morgan fingerprint density at radius 2 is 1.79 bits per heavy atom. The fourth-order valence-electron chi connectivity index (χ4n) is 4.57. The number of carbonyl (C=O) groups is 1. The van der Waals surface area contributed by atoms with Crippen LogP contribution >= 0.6 is 11.6 Å². The van der Waals surface area contributed by atoms with Gasteiger partial charge in [-0.1, -0.05) is 29.8 Å². The van der Waals surface area contributed by atoms with E-state index in [-0.39, 0.29) is 35.1 Å². The fourth-order valence-corrected chi connectivity index (χ4v) is 6.23. The first-order valence-electron chi connectivity index (χ1n) is 11.8. The highest BCUT2D eigenvalue weighted by Crippen LogP contribution is 2.37. The van der Waals surface area contributed by atoms with Crippen molar-refractivity contribution < 1.29 is 40.2 Å². The van der Waals surface area contributed by atoms with Crippen LogP contribution in [0.3, 0.4) is 0 Å². The molecule has 39 heavy (non-hydrogen) atoms. The van der Waals surface area contributed by atoms with E-state index in [1.165, 1.54) is 22.5 Å². The van der Waals surface area contributed by atoms with Crippen molar-refractivity contribution in [3.63, 3.8) is 0 Å². The van der Waals surface area contributed by atoms with Gasteiger partial charge in [0, 0.05) is 19.2 Å². The molecule has 206 valence electrons. The lowest BCUT2D eigenvalue weighted by molar-refractivity contribution is -0.140. The monoisotopic (exact) mass is 584 g/mol. The summed E-state index contributed by atoms with van der Waals surface area (Å²) in [6.07, 6.45) is -5.35. The number of ether oxygens (including phenoxy) is 2. The van der Waals surface area contributed by atoms with Crippen molar-refractivity contribution in [2.75, 3.05) is 25.1 Å². The summed E-state index contributed by atoms with van der Waals surface area (Å²) in [5.74, 6) is -1.48. The van der Waals surface area contributed by atoms with Crippen LogP contribution in [0.2, 0.25) is 5.02 Å². The first kappa shape index (κ1) is 27.2. The zero-order valence-electron chi connectivity index (χ0n) is 20.1. The minimum absolute atomic E-state index is 0.00555. The molecule has 2 aliphatic heterocycles. The molecule has 7 nitrogen and oxygen atoms in total. The first-order chi connectivity index (χ1) is 18.4. The SMILES string of the molecule is O=C(Cc1cccc(C(F)(F)F)c1F)Nc1c(Cl)ccc2c1CCN(S(=O)(=O)c1ccc3c(c1)OCCO3)C2. The molecule has 3 aromatic rings. The number of amides is 1. The predicted octanol–water partition coefficient (Wildman–Crippen LogP) is 5.20. The number of hydrogen-bond acceptors (Lipinski definition) is 5. The number of carbonyl (C=O) groups excluding carboxylic acids is 1. The number of halogens is 5. The largest absolute Gasteiger partial charge is 0.486 e. The van der Waals surface area contributed by atoms with Gasteiger partial charge in [-0.25, -0.2) is 12.8 Å². The van der Waals surface area contributed by atoms with Gasteiger partial charge in [0.05, 0.1) is 27.6 Å². The highest BCUT2D eigenvalue weighted by Gasteiger charge is 2.35. The van der Waals surface area contributed by atoms with Crippen molar-refractivity contribution in [3.05, 3.63) is 81.6 Å². The van der Waals surface area contributed by atoms with Gasteiger partial charge in [-0.05, 0) is 47.4 Å². The van der Waals surface area contributed by atoms with Crippen LogP contribution in [0.5, 0.6) is 11.5 Å². The highest BCUT2D eigenvalue weighted by atomic mass is 35.5. The third-order valence-corrected chi connectivity index (χ3v) is 8.62. The van der Waals surface area contributed by atoms with Crippen molar-refractivity contribution in [1.29, 1.82) is 0 Å². The maximum absolute atomic E-state index is 14.4. The molecule has 0 fully saturated rings. The number of fused-ring (bicyclic) bond motifs is 2. The summed E-state index contributed by atoms with van der Waals surface area (Å²) in [5, 5.41) is 2.74. The van der Waals surface area contributed by atoms with Crippen LogP contribution < -0.4 is 14.8 Å². The summed E-state index contributed by atoms with van der Waals surface area (Å²) in [6.45, 7) is 0.755. The summed E-state index contributed by atoms with van der Waals surface area (Å²) < 4.78 is 92.5. The topological polar surface area (TPSA) is 84.9 Å². The van der Waals surface area contributed by atoms with Crippen molar-refractivity contribution in [2.45, 2.75) is 30.5 Å². The molecule has 3 aromatic carbocycles. The fraction of sp³-hybridized carbons (Fsp3) is 0.269. The highest BCUT2D eigenvalue weighted by molar-refractivity contribution is 7.89. The van der Waals surface area contributed by atoms with Crippen LogP contribution in [0.1, 0.15) is 22.3 Å². The molecule has 0 atom stereocenters. The number of alkyl halides is 3. The van der Waals surface area contributed by atoms with Gasteiger partial charge < -0.3 is 14.8 Å². The number of rotatable bonds is 5. The molecule has 0 saturated carbocycles. The van der Waals surface area contributed by atoms with Crippen molar-refractivity contribution in [2.24, 2.45) is 0 Å². The Morgan fingerprint density at radius 3 is 2.54 bits per heavy atom. The smallest absolute Gasteiger partial charge is 0.419 e. The minimum Gasteiger partial charge on any atom is -0.486 e. The summed E-state index contributed by atoms with van der Waals surface area (Å²) in [4.78, 5) is 12.8. The van der Waals surface area contributed by atoms with Gasteiger partial charge in [-0.3, -0.25) is 4.79 Å². The molecule has 5 rings (SSSR count). The van der Waals surface area contributed by atoms with E-state index in [0.717, 1.165) is 12.1 Å². The van der Waals surface area contributed by atoms with Crippen molar-refractivity contribution in [1.82, 2.24) is 4.31 Å². The van der Waals surface area contributed by atoms with Crippen LogP contribution in [-0.4, -0.2) is 38.4 Å². The molecule has 2 aliphatic rings. The molecular weight excluding hydrogens is 564 g/mol. The minimum atomic E-state index is -4.90. The maximum atomic E-state index is 14.4. The molecule has 13 heteroatoms. The van der Waals surface area contributed by atoms with Crippen molar-refractivity contribution in [3.8, 4) is 11.5 Å². The average Bonchev–Trinajstić information content (AvgIpc) is 2.90. The van der Waals surface area contributed by atoms with E-state index >= 15 is 0 Å². The van der Waals surface area contributed by atoms with Crippen LogP contribution in [0.15, 0.2) is 53.4 Å². The number of nitrogens with zero attached hydrogens (tertiary/aromatic N) is 1. The lowest BCUT2D eigenvalue weighted by atomic mass is 9.98. The molecule has 0 saturated heterocycles. The third-order valence-electron chi connectivity index (χ3n) is 6.47. The maximum Gasteiger partial charge on any atom is 0.419 e. The van der Waals surface area contributed by atoms with E-state index in [4.69, 9.17) is 21.1 Å². The van der Waals surface area contributed by atoms with E-state index in [1.54, 1.807) is 12.1 Å². The average molecular weight is 585 g/mol. The zero-order chi connectivity index (χ0) is 27.9. The Morgan fingerprint density at radius 1 is 1.05 bits per heavy atom. The number of nitrogens with one attached hydrogen (secondary N) is 1. The van der Waals surface area contributed by atoms with Gasteiger partial charge >= 0.3 is 6.18 Å². The molecule has 2 heterocycles. The predicted molar refractivity (Wildman–Crippen MR) is 134 cm³/mol. The second kappa shape index (κ2) is 10.3. The second-order valence-electron chi connectivity index (χ2n) is 8.96. The van der Waals surface area contributed by atoms with Gasteiger partial charge in [-0.15, -0.1) is 0 Å². The van der Waals surface area contributed by atoms with E-state index in [2.05, 4.69) is 5.32 Å². The van der Waals surface area contributed by atoms with E-state index in [0.29, 0.717) is 41.9 Å². The summed E-state index contributed by atoms with van der Waals surface area (Å²) >= 11 is 6.32. The van der Waals surface area contributed by atoms with Crippen molar-refractivity contribution >= 4 is 33.2 Å². The quantitative estimate of drug-likeness (QED) is 0.417. The van der Waals surface area contributed by atoms with Crippen LogP contribution in [0, 0.1) is 5.82 Å². The Kier molecular flexibility index (Phi) is 7.21. The first-order valence-corrected chi connectivity index (χ1v) is 13.6. The summed E-state index contributed by atoms with van der Waals surface area (Å²) in [6, 6.07) is 10.3. The zero-order valence-corrected chi connectivity index (χ0v) is 21.7. The van der Waals surface area contributed by atoms with Gasteiger partial charge in [0.2, 0.25) is 15.9 Å². The van der Waals surface area contributed by atoms with Gasteiger partial charge in [0.15, 0.2) is 11.5 Å². The van der Waals surface area contributed by atoms with Gasteiger partial charge in [0.25, 0.3) is 0 Å². The number of hydrogen-bond donors (Lipinski definition) is 1. The Labute approximate surface area is 226 Å². The Bertz CT molecular complexity index is 1560. The van der Waals surface area contributed by atoms with E-state index in [1.807, 2.05) is 0 Å². The van der Waals surface area contributed by atoms with Gasteiger partial charge in [-0.2, -0.15) is 17.5 Å². The van der Waals surface area contributed by atoms with Crippen LogP contribution in [0.4, 0.5) is 23.2 Å². The third kappa shape index (κ3) is 5.41. The molecular formula is C26H21ClF4N2O5S. The molecule has 0 bridgehead atoms.